The molecule has 16 heavy (non-hydrogen) atoms. The third kappa shape index (κ3) is 3.59. The number of methoxy groups -OCH3 is 1. The molecule has 3 nitrogen and oxygen atoms in total. The largest absolute Gasteiger partial charge is 0.380 e. The van der Waals surface area contributed by atoms with Crippen molar-refractivity contribution in [2.75, 3.05) is 13.7 Å². The van der Waals surface area contributed by atoms with Crippen LogP contribution in [0.5, 0.6) is 0 Å². The van der Waals surface area contributed by atoms with E-state index >= 15 is 0 Å². The van der Waals surface area contributed by atoms with E-state index in [1.165, 1.54) is 11.1 Å². The van der Waals surface area contributed by atoms with Gasteiger partial charge in [0.15, 0.2) is 0 Å². The minimum absolute atomic E-state index is 0.200. The summed E-state index contributed by atoms with van der Waals surface area (Å²) < 4.78 is 5.20. The summed E-state index contributed by atoms with van der Waals surface area (Å²) in [5, 5.41) is 3.46. The Hall–Kier alpha value is -0.900. The lowest BCUT2D eigenvalue weighted by molar-refractivity contribution is 0.183. The van der Waals surface area contributed by atoms with Gasteiger partial charge in [-0.15, -0.1) is 0 Å². The molecule has 0 aromatic heterocycles. The maximum atomic E-state index is 5.81. The van der Waals surface area contributed by atoms with Crippen LogP contribution in [0.3, 0.4) is 0 Å². The maximum Gasteiger partial charge on any atom is 0.0716 e. The van der Waals surface area contributed by atoms with Crippen LogP contribution in [0, 0.1) is 0 Å². The van der Waals surface area contributed by atoms with E-state index in [-0.39, 0.29) is 6.04 Å². The van der Waals surface area contributed by atoms with Crippen molar-refractivity contribution in [1.29, 1.82) is 0 Å². The normalized spacial score (nSPS) is 13.1. The summed E-state index contributed by atoms with van der Waals surface area (Å²) in [4.78, 5) is 0. The molecule has 0 aliphatic carbocycles. The molecule has 1 unspecified atom stereocenters. The standard InChI is InChI=1S/C13H22N2O/c1-10(2)15-13(8-14)12-7-5-4-6-11(12)9-16-3/h4-7,10,13,15H,8-9,14H2,1-3H3. The Kier molecular flexibility index (Phi) is 5.46. The molecule has 3 heteroatoms. The van der Waals surface area contributed by atoms with Gasteiger partial charge in [-0.1, -0.05) is 38.1 Å². The molecule has 1 atom stereocenters. The van der Waals surface area contributed by atoms with Gasteiger partial charge in [0.1, 0.15) is 0 Å². The zero-order valence-corrected chi connectivity index (χ0v) is 10.4. The van der Waals surface area contributed by atoms with E-state index in [0.29, 0.717) is 19.2 Å². The summed E-state index contributed by atoms with van der Waals surface area (Å²) >= 11 is 0. The van der Waals surface area contributed by atoms with E-state index in [1.807, 2.05) is 12.1 Å². The summed E-state index contributed by atoms with van der Waals surface area (Å²) in [5.41, 5.74) is 8.25. The zero-order chi connectivity index (χ0) is 12.0. The maximum absolute atomic E-state index is 5.81. The second-order valence-electron chi connectivity index (χ2n) is 4.24. The highest BCUT2D eigenvalue weighted by Crippen LogP contribution is 2.18. The Labute approximate surface area is 98.0 Å². The lowest BCUT2D eigenvalue weighted by Gasteiger charge is -2.22. The van der Waals surface area contributed by atoms with Gasteiger partial charge in [0.25, 0.3) is 0 Å². The van der Waals surface area contributed by atoms with Crippen molar-refractivity contribution in [3.8, 4) is 0 Å². The Bertz CT molecular complexity index is 313. The van der Waals surface area contributed by atoms with Gasteiger partial charge in [-0.05, 0) is 11.1 Å². The quantitative estimate of drug-likeness (QED) is 0.772. The fourth-order valence-electron chi connectivity index (χ4n) is 1.85. The van der Waals surface area contributed by atoms with Gasteiger partial charge in [-0.25, -0.2) is 0 Å². The number of hydrogen-bond acceptors (Lipinski definition) is 3. The number of nitrogens with one attached hydrogen (secondary N) is 1. The molecule has 0 amide bonds. The fraction of sp³-hybridized carbons (Fsp3) is 0.538. The molecule has 0 aliphatic rings. The summed E-state index contributed by atoms with van der Waals surface area (Å²) in [6.45, 7) is 5.48. The topological polar surface area (TPSA) is 47.3 Å². The van der Waals surface area contributed by atoms with Gasteiger partial charge in [-0.2, -0.15) is 0 Å². The third-order valence-corrected chi connectivity index (χ3v) is 2.50. The van der Waals surface area contributed by atoms with E-state index in [1.54, 1.807) is 7.11 Å². The first kappa shape index (κ1) is 13.2. The number of hydrogen-bond donors (Lipinski definition) is 2. The van der Waals surface area contributed by atoms with Crippen molar-refractivity contribution in [3.05, 3.63) is 35.4 Å². The Balaban J connectivity index is 2.89. The lowest BCUT2D eigenvalue weighted by atomic mass is 10.00. The van der Waals surface area contributed by atoms with Crippen molar-refractivity contribution in [2.45, 2.75) is 32.5 Å². The van der Waals surface area contributed by atoms with Gasteiger partial charge < -0.3 is 15.8 Å². The molecule has 0 radical (unpaired) electrons. The minimum Gasteiger partial charge on any atom is -0.380 e. The third-order valence-electron chi connectivity index (χ3n) is 2.50. The van der Waals surface area contributed by atoms with Crippen LogP contribution in [-0.2, 0) is 11.3 Å². The van der Waals surface area contributed by atoms with Crippen molar-refractivity contribution >= 4 is 0 Å². The fourth-order valence-corrected chi connectivity index (χ4v) is 1.85. The molecule has 0 bridgehead atoms. The molecule has 0 fully saturated rings. The van der Waals surface area contributed by atoms with Crippen LogP contribution in [0.4, 0.5) is 0 Å². The Morgan fingerprint density at radius 2 is 2.00 bits per heavy atom. The molecule has 1 aromatic rings. The number of ether oxygens (including phenoxy) is 1. The average molecular weight is 222 g/mol. The molecule has 3 N–H and O–H groups in total. The molecular formula is C13H22N2O. The molecule has 0 aliphatic heterocycles. The van der Waals surface area contributed by atoms with Crippen LogP contribution in [0.25, 0.3) is 0 Å². The molecule has 0 heterocycles. The van der Waals surface area contributed by atoms with Gasteiger partial charge in [0, 0.05) is 25.7 Å². The highest BCUT2D eigenvalue weighted by Gasteiger charge is 2.13. The summed E-state index contributed by atoms with van der Waals surface area (Å²) in [6, 6.07) is 8.89. The predicted molar refractivity (Wildman–Crippen MR) is 67.2 cm³/mol. The molecule has 1 aromatic carbocycles. The number of nitrogens with two attached hydrogens (primary N) is 1. The SMILES string of the molecule is COCc1ccccc1C(CN)NC(C)C. The molecule has 0 spiro atoms. The first-order valence-electron chi connectivity index (χ1n) is 5.72. The zero-order valence-electron chi connectivity index (χ0n) is 10.4. The smallest absolute Gasteiger partial charge is 0.0716 e. The predicted octanol–water partition coefficient (Wildman–Crippen LogP) is 1.83. The van der Waals surface area contributed by atoms with E-state index < -0.39 is 0 Å². The van der Waals surface area contributed by atoms with Gasteiger partial charge >= 0.3 is 0 Å². The average Bonchev–Trinajstić information content (AvgIpc) is 2.27. The second kappa shape index (κ2) is 6.63. The highest BCUT2D eigenvalue weighted by atomic mass is 16.5. The molecule has 90 valence electrons. The van der Waals surface area contributed by atoms with E-state index in [2.05, 4.69) is 31.3 Å². The Morgan fingerprint density at radius 1 is 1.31 bits per heavy atom. The Morgan fingerprint density at radius 3 is 2.56 bits per heavy atom. The molecule has 1 rings (SSSR count). The van der Waals surface area contributed by atoms with Crippen LogP contribution in [0.15, 0.2) is 24.3 Å². The van der Waals surface area contributed by atoms with Crippen LogP contribution >= 0.6 is 0 Å². The van der Waals surface area contributed by atoms with Crippen LogP contribution < -0.4 is 11.1 Å². The summed E-state index contributed by atoms with van der Waals surface area (Å²) in [7, 11) is 1.71. The van der Waals surface area contributed by atoms with Crippen LogP contribution in [0.2, 0.25) is 0 Å². The first-order valence-corrected chi connectivity index (χ1v) is 5.72. The van der Waals surface area contributed by atoms with Crippen LogP contribution in [-0.4, -0.2) is 19.7 Å². The summed E-state index contributed by atoms with van der Waals surface area (Å²) in [5.74, 6) is 0. The minimum atomic E-state index is 0.200. The van der Waals surface area contributed by atoms with Crippen molar-refractivity contribution in [3.63, 3.8) is 0 Å². The molecular weight excluding hydrogens is 200 g/mol. The van der Waals surface area contributed by atoms with Crippen molar-refractivity contribution in [2.24, 2.45) is 5.73 Å². The van der Waals surface area contributed by atoms with Gasteiger partial charge in [-0.3, -0.25) is 0 Å². The molecule has 0 saturated heterocycles. The second-order valence-corrected chi connectivity index (χ2v) is 4.24. The van der Waals surface area contributed by atoms with E-state index in [0.717, 1.165) is 0 Å². The molecule has 0 saturated carbocycles. The van der Waals surface area contributed by atoms with Crippen LogP contribution in [0.1, 0.15) is 31.0 Å². The first-order chi connectivity index (χ1) is 7.69. The van der Waals surface area contributed by atoms with Gasteiger partial charge in [0.2, 0.25) is 0 Å². The highest BCUT2D eigenvalue weighted by molar-refractivity contribution is 5.30. The van der Waals surface area contributed by atoms with Crippen molar-refractivity contribution in [1.82, 2.24) is 5.32 Å². The monoisotopic (exact) mass is 222 g/mol. The summed E-state index contributed by atoms with van der Waals surface area (Å²) in [6.07, 6.45) is 0. The van der Waals surface area contributed by atoms with Gasteiger partial charge in [0.05, 0.1) is 6.61 Å². The van der Waals surface area contributed by atoms with E-state index in [9.17, 15) is 0 Å². The van der Waals surface area contributed by atoms with Crippen molar-refractivity contribution < 1.29 is 4.74 Å². The van der Waals surface area contributed by atoms with E-state index in [4.69, 9.17) is 10.5 Å². The number of benzene rings is 1. The lowest BCUT2D eigenvalue weighted by Crippen LogP contribution is -2.33. The number of rotatable bonds is 6.